The van der Waals surface area contributed by atoms with Crippen molar-refractivity contribution in [2.45, 2.75) is 39.5 Å². The van der Waals surface area contributed by atoms with Gasteiger partial charge >= 0.3 is 0 Å². The molecule has 1 aliphatic heterocycles. The van der Waals surface area contributed by atoms with Crippen LogP contribution in [0.25, 0.3) is 0 Å². The predicted molar refractivity (Wildman–Crippen MR) is 108 cm³/mol. The van der Waals surface area contributed by atoms with E-state index in [1.54, 1.807) is 24.3 Å². The van der Waals surface area contributed by atoms with Crippen LogP contribution in [0.3, 0.4) is 0 Å². The fraction of sp³-hybridized carbons (Fsp3) is 0.522. The van der Waals surface area contributed by atoms with Crippen LogP contribution >= 0.6 is 0 Å². The van der Waals surface area contributed by atoms with Gasteiger partial charge in [0.05, 0.1) is 17.5 Å². The van der Waals surface area contributed by atoms with Crippen LogP contribution in [0.4, 0.5) is 5.69 Å². The summed E-state index contributed by atoms with van der Waals surface area (Å²) in [5.41, 5.74) is 1.18. The quantitative estimate of drug-likeness (QED) is 0.559. The Balaban J connectivity index is 1.55. The third kappa shape index (κ3) is 2.97. The highest BCUT2D eigenvalue weighted by atomic mass is 16.2. The van der Waals surface area contributed by atoms with Gasteiger partial charge in [0, 0.05) is 18.7 Å². The Morgan fingerprint density at radius 1 is 0.929 bits per heavy atom. The third-order valence-corrected chi connectivity index (χ3v) is 6.41. The molecule has 5 heteroatoms. The van der Waals surface area contributed by atoms with Crippen molar-refractivity contribution in [2.75, 3.05) is 18.0 Å². The van der Waals surface area contributed by atoms with Gasteiger partial charge in [0.2, 0.25) is 11.8 Å². The van der Waals surface area contributed by atoms with Crippen molar-refractivity contribution >= 4 is 23.4 Å². The standard InChI is InChI=1S/C23H28N2O3/c1-3-13-24(14-4-2)21(26)17-9-11-18(12-10-17)25-22(27)19-15-5-6-16(8-7-15)20(19)23(25)28/h5-6,9-12,15-16,19-20H,3-4,7-8,13-14H2,1-2H3. The van der Waals surface area contributed by atoms with Crippen LogP contribution in [0, 0.1) is 23.7 Å². The zero-order valence-electron chi connectivity index (χ0n) is 16.6. The molecule has 1 saturated carbocycles. The van der Waals surface area contributed by atoms with E-state index in [0.717, 1.165) is 38.8 Å². The Bertz CT molecular complexity index is 776. The largest absolute Gasteiger partial charge is 0.339 e. The molecule has 3 amide bonds. The molecule has 2 fully saturated rings. The van der Waals surface area contributed by atoms with Crippen molar-refractivity contribution in [3.05, 3.63) is 42.0 Å². The molecule has 4 atom stereocenters. The molecule has 4 aliphatic rings. The number of benzene rings is 1. The summed E-state index contributed by atoms with van der Waals surface area (Å²) in [6.07, 6.45) is 8.07. The smallest absolute Gasteiger partial charge is 0.253 e. The lowest BCUT2D eigenvalue weighted by Gasteiger charge is -2.38. The lowest BCUT2D eigenvalue weighted by atomic mass is 9.63. The minimum Gasteiger partial charge on any atom is -0.339 e. The summed E-state index contributed by atoms with van der Waals surface area (Å²) in [6.45, 7) is 5.59. The number of nitrogens with zero attached hydrogens (tertiary/aromatic N) is 2. The van der Waals surface area contributed by atoms with E-state index in [1.165, 1.54) is 4.90 Å². The summed E-state index contributed by atoms with van der Waals surface area (Å²) in [6, 6.07) is 6.97. The van der Waals surface area contributed by atoms with Crippen LogP contribution in [0.15, 0.2) is 36.4 Å². The number of carbonyl (C=O) groups excluding carboxylic acids is 3. The molecule has 3 aliphatic carbocycles. The van der Waals surface area contributed by atoms with E-state index in [0.29, 0.717) is 11.3 Å². The minimum absolute atomic E-state index is 0.00485. The van der Waals surface area contributed by atoms with Gasteiger partial charge < -0.3 is 4.90 Å². The monoisotopic (exact) mass is 380 g/mol. The number of imide groups is 1. The maximum atomic E-state index is 13.0. The molecule has 28 heavy (non-hydrogen) atoms. The second-order valence-corrected chi connectivity index (χ2v) is 8.19. The third-order valence-electron chi connectivity index (χ3n) is 6.41. The van der Waals surface area contributed by atoms with Crippen LogP contribution < -0.4 is 4.90 Å². The molecule has 1 aromatic carbocycles. The van der Waals surface area contributed by atoms with E-state index in [4.69, 9.17) is 0 Å². The van der Waals surface area contributed by atoms with Gasteiger partial charge in [-0.05, 0) is 61.8 Å². The summed E-state index contributed by atoms with van der Waals surface area (Å²) in [4.78, 5) is 42.0. The molecular weight excluding hydrogens is 352 g/mol. The molecule has 1 heterocycles. The van der Waals surface area contributed by atoms with Gasteiger partial charge in [0.15, 0.2) is 0 Å². The van der Waals surface area contributed by atoms with E-state index in [1.807, 2.05) is 4.90 Å². The van der Waals surface area contributed by atoms with Gasteiger partial charge in [0.1, 0.15) is 0 Å². The van der Waals surface area contributed by atoms with Crippen molar-refractivity contribution < 1.29 is 14.4 Å². The predicted octanol–water partition coefficient (Wildman–Crippen LogP) is 3.65. The first kappa shape index (κ1) is 18.9. The highest BCUT2D eigenvalue weighted by Gasteiger charge is 2.56. The van der Waals surface area contributed by atoms with Gasteiger partial charge in [0.25, 0.3) is 5.91 Å². The van der Waals surface area contributed by atoms with Gasteiger partial charge in [-0.2, -0.15) is 0 Å². The molecule has 4 unspecified atom stereocenters. The fourth-order valence-corrected chi connectivity index (χ4v) is 5.12. The zero-order valence-corrected chi connectivity index (χ0v) is 16.6. The second-order valence-electron chi connectivity index (χ2n) is 8.19. The van der Waals surface area contributed by atoms with Gasteiger partial charge in [-0.1, -0.05) is 26.0 Å². The average Bonchev–Trinajstić information content (AvgIpc) is 3.01. The first-order chi connectivity index (χ1) is 13.6. The number of hydrogen-bond acceptors (Lipinski definition) is 3. The molecule has 148 valence electrons. The highest BCUT2D eigenvalue weighted by molar-refractivity contribution is 6.22. The lowest BCUT2D eigenvalue weighted by molar-refractivity contribution is -0.124. The summed E-state index contributed by atoms with van der Waals surface area (Å²) in [5.74, 6) is -0.184. The molecule has 0 spiro atoms. The Kier molecular flexibility index (Phi) is 5.09. The first-order valence-corrected chi connectivity index (χ1v) is 10.5. The molecule has 0 radical (unpaired) electrons. The van der Waals surface area contributed by atoms with E-state index >= 15 is 0 Å². The number of amides is 3. The lowest BCUT2D eigenvalue weighted by Crippen LogP contribution is -2.38. The molecule has 5 rings (SSSR count). The number of anilines is 1. The molecule has 0 aromatic heterocycles. The average molecular weight is 380 g/mol. The number of fused-ring (bicyclic) bond motifs is 1. The van der Waals surface area contributed by atoms with Crippen LogP contribution in [-0.4, -0.2) is 35.7 Å². The van der Waals surface area contributed by atoms with Crippen molar-refractivity contribution in [1.29, 1.82) is 0 Å². The first-order valence-electron chi connectivity index (χ1n) is 10.5. The summed E-state index contributed by atoms with van der Waals surface area (Å²) in [7, 11) is 0. The number of rotatable bonds is 6. The zero-order chi connectivity index (χ0) is 19.8. The van der Waals surface area contributed by atoms with E-state index in [9.17, 15) is 14.4 Å². The normalized spacial score (nSPS) is 28.0. The van der Waals surface area contributed by atoms with Gasteiger partial charge in [-0.15, -0.1) is 0 Å². The summed E-state index contributed by atoms with van der Waals surface area (Å²) >= 11 is 0. The molecule has 5 nitrogen and oxygen atoms in total. The number of allylic oxidation sites excluding steroid dienone is 2. The van der Waals surface area contributed by atoms with Gasteiger partial charge in [-0.25, -0.2) is 0 Å². The van der Waals surface area contributed by atoms with Crippen LogP contribution in [-0.2, 0) is 9.59 Å². The topological polar surface area (TPSA) is 57.7 Å². The Labute approximate surface area is 166 Å². The SMILES string of the molecule is CCCN(CCC)C(=O)c1ccc(N2C(=O)C3C4C=CC(CC4)C3C2=O)cc1. The summed E-state index contributed by atoms with van der Waals surface area (Å²) < 4.78 is 0. The van der Waals surface area contributed by atoms with Crippen molar-refractivity contribution in [3.63, 3.8) is 0 Å². The number of carbonyl (C=O) groups is 3. The molecule has 1 aromatic rings. The molecule has 0 N–H and O–H groups in total. The molecule has 2 bridgehead atoms. The Morgan fingerprint density at radius 2 is 1.43 bits per heavy atom. The van der Waals surface area contributed by atoms with Crippen LogP contribution in [0.1, 0.15) is 49.9 Å². The molecule has 1 saturated heterocycles. The number of hydrogen-bond donors (Lipinski definition) is 0. The molecular formula is C23H28N2O3. The Hall–Kier alpha value is -2.43. The maximum absolute atomic E-state index is 13.0. The van der Waals surface area contributed by atoms with E-state index in [2.05, 4.69) is 26.0 Å². The maximum Gasteiger partial charge on any atom is 0.253 e. The highest BCUT2D eigenvalue weighted by Crippen LogP contribution is 2.50. The van der Waals surface area contributed by atoms with Crippen molar-refractivity contribution in [2.24, 2.45) is 23.7 Å². The van der Waals surface area contributed by atoms with Gasteiger partial charge in [-0.3, -0.25) is 19.3 Å². The second kappa shape index (κ2) is 7.53. The summed E-state index contributed by atoms with van der Waals surface area (Å²) in [5, 5.41) is 0. The van der Waals surface area contributed by atoms with Crippen LogP contribution in [0.2, 0.25) is 0 Å². The van der Waals surface area contributed by atoms with Crippen molar-refractivity contribution in [3.8, 4) is 0 Å². The van der Waals surface area contributed by atoms with E-state index < -0.39 is 0 Å². The Morgan fingerprint density at radius 3 is 1.86 bits per heavy atom. The van der Waals surface area contributed by atoms with Crippen molar-refractivity contribution in [1.82, 2.24) is 4.90 Å². The fourth-order valence-electron chi connectivity index (χ4n) is 5.12. The van der Waals surface area contributed by atoms with E-state index in [-0.39, 0.29) is 41.4 Å². The minimum atomic E-state index is -0.206. The van der Waals surface area contributed by atoms with Crippen LogP contribution in [0.5, 0.6) is 0 Å².